The zero-order chi connectivity index (χ0) is 18.3. The molecule has 1 aliphatic carbocycles. The van der Waals surface area contributed by atoms with Gasteiger partial charge in [-0.2, -0.15) is 11.8 Å². The van der Waals surface area contributed by atoms with Gasteiger partial charge in [0.15, 0.2) is 15.8 Å². The van der Waals surface area contributed by atoms with E-state index in [2.05, 4.69) is 27.2 Å². The predicted octanol–water partition coefficient (Wildman–Crippen LogP) is 1.14. The molecule has 1 heterocycles. The van der Waals surface area contributed by atoms with Gasteiger partial charge in [-0.15, -0.1) is 24.0 Å². The summed E-state index contributed by atoms with van der Waals surface area (Å²) < 4.78 is 22.8. The van der Waals surface area contributed by atoms with Crippen molar-refractivity contribution < 1.29 is 13.2 Å². The maximum atomic E-state index is 12.0. The van der Waals surface area contributed by atoms with Crippen molar-refractivity contribution >= 4 is 57.4 Å². The maximum Gasteiger partial charge on any atom is 0.222 e. The van der Waals surface area contributed by atoms with Crippen LogP contribution in [0, 0.1) is 0 Å². The summed E-state index contributed by atoms with van der Waals surface area (Å²) >= 11 is 1.92. The molecule has 1 aliphatic heterocycles. The first-order valence-corrected chi connectivity index (χ1v) is 12.1. The van der Waals surface area contributed by atoms with Gasteiger partial charge in [0.25, 0.3) is 0 Å². The Kier molecular flexibility index (Phi) is 10.6. The summed E-state index contributed by atoms with van der Waals surface area (Å²) in [5.41, 5.74) is 0. The first kappa shape index (κ1) is 23.8. The number of aliphatic imine (C=N–C) groups is 1. The van der Waals surface area contributed by atoms with Crippen LogP contribution in [0.5, 0.6) is 0 Å². The molecule has 3 N–H and O–H groups in total. The highest BCUT2D eigenvalue weighted by Gasteiger charge is 2.28. The molecular weight excluding hydrogens is 487 g/mol. The number of nitrogens with zero attached hydrogens (tertiary/aromatic N) is 1. The third kappa shape index (κ3) is 8.20. The number of guanidine groups is 1. The zero-order valence-electron chi connectivity index (χ0n) is 15.5. The summed E-state index contributed by atoms with van der Waals surface area (Å²) in [5.74, 6) is 0.851. The third-order valence-electron chi connectivity index (χ3n) is 4.61. The molecule has 152 valence electrons. The van der Waals surface area contributed by atoms with Crippen LogP contribution in [0.2, 0.25) is 0 Å². The van der Waals surface area contributed by atoms with E-state index >= 15 is 0 Å². The smallest absolute Gasteiger partial charge is 0.222 e. The van der Waals surface area contributed by atoms with Gasteiger partial charge in [-0.05, 0) is 38.9 Å². The zero-order valence-corrected chi connectivity index (χ0v) is 19.5. The second-order valence-corrected chi connectivity index (χ2v) is 10.1. The number of rotatable bonds is 7. The van der Waals surface area contributed by atoms with E-state index in [1.165, 1.54) is 6.42 Å². The molecule has 7 nitrogen and oxygen atoms in total. The van der Waals surface area contributed by atoms with E-state index in [0.29, 0.717) is 24.3 Å². The molecule has 3 atom stereocenters. The summed E-state index contributed by atoms with van der Waals surface area (Å²) in [4.78, 5) is 16.4. The molecular formula is C16H31IN4O3S2. The quantitative estimate of drug-likeness (QED) is 0.266. The largest absolute Gasteiger partial charge is 0.357 e. The SMILES string of the molecule is CCNC(=NCCC(=O)NC1CCS(=O)(=O)C1)NC1CCC(SC)C1.I. The van der Waals surface area contributed by atoms with Crippen molar-refractivity contribution in [1.82, 2.24) is 16.0 Å². The molecule has 0 aromatic rings. The van der Waals surface area contributed by atoms with Gasteiger partial charge in [0.1, 0.15) is 0 Å². The number of nitrogens with one attached hydrogen (secondary N) is 3. The van der Waals surface area contributed by atoms with Gasteiger partial charge in [-0.1, -0.05) is 0 Å². The topological polar surface area (TPSA) is 99.7 Å². The summed E-state index contributed by atoms with van der Waals surface area (Å²) in [6.07, 6.45) is 6.45. The van der Waals surface area contributed by atoms with Crippen LogP contribution in [0.15, 0.2) is 4.99 Å². The predicted molar refractivity (Wildman–Crippen MR) is 119 cm³/mol. The fourth-order valence-electron chi connectivity index (χ4n) is 3.28. The van der Waals surface area contributed by atoms with E-state index in [1.807, 2.05) is 18.7 Å². The number of thioether (sulfide) groups is 1. The van der Waals surface area contributed by atoms with E-state index in [1.54, 1.807) is 0 Å². The van der Waals surface area contributed by atoms with Crippen molar-refractivity contribution in [1.29, 1.82) is 0 Å². The fraction of sp³-hybridized carbons (Fsp3) is 0.875. The molecule has 0 radical (unpaired) electrons. The maximum absolute atomic E-state index is 12.0. The highest BCUT2D eigenvalue weighted by molar-refractivity contribution is 14.0. The number of carbonyl (C=O) groups excluding carboxylic acids is 1. The molecule has 2 rings (SSSR count). The van der Waals surface area contributed by atoms with Crippen LogP contribution in [0.4, 0.5) is 0 Å². The fourth-order valence-corrected chi connectivity index (χ4v) is 5.75. The number of carbonyl (C=O) groups is 1. The van der Waals surface area contributed by atoms with Crippen LogP contribution in [-0.4, -0.2) is 68.5 Å². The van der Waals surface area contributed by atoms with Crippen LogP contribution >= 0.6 is 35.7 Å². The molecule has 10 heteroatoms. The first-order chi connectivity index (χ1) is 11.9. The average Bonchev–Trinajstić information content (AvgIpc) is 3.13. The van der Waals surface area contributed by atoms with Crippen molar-refractivity contribution in [2.75, 3.05) is 30.9 Å². The molecule has 2 fully saturated rings. The van der Waals surface area contributed by atoms with Gasteiger partial charge >= 0.3 is 0 Å². The monoisotopic (exact) mass is 518 g/mol. The van der Waals surface area contributed by atoms with Gasteiger partial charge in [0.2, 0.25) is 5.91 Å². The lowest BCUT2D eigenvalue weighted by atomic mass is 10.2. The molecule has 0 aromatic carbocycles. The standard InChI is InChI=1S/C16H30N4O3S2.HI/c1-3-17-16(20-12-4-5-14(10-12)24-2)18-8-6-15(21)19-13-7-9-25(22,23)11-13;/h12-14H,3-11H2,1-2H3,(H,19,21)(H2,17,18,20);1H. The van der Waals surface area contributed by atoms with Crippen molar-refractivity contribution in [2.24, 2.45) is 4.99 Å². The highest BCUT2D eigenvalue weighted by atomic mass is 127. The molecule has 0 aromatic heterocycles. The second kappa shape index (κ2) is 11.6. The van der Waals surface area contributed by atoms with Gasteiger partial charge in [-0.3, -0.25) is 9.79 Å². The van der Waals surface area contributed by atoms with E-state index < -0.39 is 9.84 Å². The Morgan fingerprint density at radius 1 is 1.19 bits per heavy atom. The Labute approximate surface area is 178 Å². The van der Waals surface area contributed by atoms with Crippen LogP contribution in [-0.2, 0) is 14.6 Å². The van der Waals surface area contributed by atoms with Crippen LogP contribution in [0.3, 0.4) is 0 Å². The molecule has 1 saturated heterocycles. The molecule has 3 unspecified atom stereocenters. The minimum atomic E-state index is -2.97. The normalized spacial score (nSPS) is 27.6. The molecule has 1 amide bonds. The van der Waals surface area contributed by atoms with Gasteiger partial charge in [-0.25, -0.2) is 8.42 Å². The average molecular weight is 518 g/mol. The lowest BCUT2D eigenvalue weighted by Gasteiger charge is -2.17. The molecule has 26 heavy (non-hydrogen) atoms. The number of amides is 1. The molecule has 0 bridgehead atoms. The van der Waals surface area contributed by atoms with Crippen LogP contribution < -0.4 is 16.0 Å². The van der Waals surface area contributed by atoms with E-state index in [-0.39, 0.29) is 53.9 Å². The Hall–Kier alpha value is -0.230. The number of hydrogen-bond donors (Lipinski definition) is 3. The molecule has 1 saturated carbocycles. The van der Waals surface area contributed by atoms with Crippen molar-refractivity contribution in [3.63, 3.8) is 0 Å². The van der Waals surface area contributed by atoms with Crippen molar-refractivity contribution in [3.8, 4) is 0 Å². The van der Waals surface area contributed by atoms with Gasteiger partial charge in [0.05, 0.1) is 18.1 Å². The highest BCUT2D eigenvalue weighted by Crippen LogP contribution is 2.27. The Morgan fingerprint density at radius 2 is 1.96 bits per heavy atom. The lowest BCUT2D eigenvalue weighted by molar-refractivity contribution is -0.121. The summed E-state index contributed by atoms with van der Waals surface area (Å²) in [6, 6.07) is 0.197. The van der Waals surface area contributed by atoms with E-state index in [4.69, 9.17) is 0 Å². The van der Waals surface area contributed by atoms with Crippen molar-refractivity contribution in [2.45, 2.75) is 56.4 Å². The summed E-state index contributed by atoms with van der Waals surface area (Å²) in [7, 11) is -2.97. The van der Waals surface area contributed by atoms with Gasteiger partial charge < -0.3 is 16.0 Å². The third-order valence-corrected chi connectivity index (χ3v) is 7.47. The summed E-state index contributed by atoms with van der Waals surface area (Å²) in [5, 5.41) is 10.2. The Morgan fingerprint density at radius 3 is 2.54 bits per heavy atom. The van der Waals surface area contributed by atoms with E-state index in [0.717, 1.165) is 25.3 Å². The molecule has 2 aliphatic rings. The first-order valence-electron chi connectivity index (χ1n) is 8.99. The van der Waals surface area contributed by atoms with Crippen LogP contribution in [0.25, 0.3) is 0 Å². The number of hydrogen-bond acceptors (Lipinski definition) is 5. The minimum absolute atomic E-state index is 0. The Bertz CT molecular complexity index is 586. The number of halogens is 1. The minimum Gasteiger partial charge on any atom is -0.357 e. The summed E-state index contributed by atoms with van der Waals surface area (Å²) in [6.45, 7) is 3.18. The van der Waals surface area contributed by atoms with Gasteiger partial charge in [0, 0.05) is 30.3 Å². The molecule has 0 spiro atoms. The van der Waals surface area contributed by atoms with E-state index in [9.17, 15) is 13.2 Å². The Balaban J connectivity index is 0.00000338. The van der Waals surface area contributed by atoms with Crippen molar-refractivity contribution in [3.05, 3.63) is 0 Å². The second-order valence-electron chi connectivity index (χ2n) is 6.69. The lowest BCUT2D eigenvalue weighted by Crippen LogP contribution is -2.43. The van der Waals surface area contributed by atoms with Crippen LogP contribution in [0.1, 0.15) is 39.0 Å². The number of sulfone groups is 1.